The van der Waals surface area contributed by atoms with Gasteiger partial charge in [-0.25, -0.2) is 14.4 Å². The molecule has 1 atom stereocenters. The molecule has 1 aromatic carbocycles. The number of aromatic nitrogens is 2. The van der Waals surface area contributed by atoms with Crippen LogP contribution in [0.4, 0.5) is 16.0 Å². The number of aryl methyl sites for hydroxylation is 2. The number of nitrogens with one attached hydrogen (secondary N) is 1. The van der Waals surface area contributed by atoms with Crippen LogP contribution in [0.15, 0.2) is 29.4 Å². The molecule has 3 aliphatic heterocycles. The second-order valence-corrected chi connectivity index (χ2v) is 11.6. The number of rotatable bonds is 5. The number of carbonyl (C=O) groups is 1. The van der Waals surface area contributed by atoms with E-state index in [1.807, 2.05) is 17.3 Å². The minimum atomic E-state index is -2.90. The molecule has 4 heterocycles. The van der Waals surface area contributed by atoms with Gasteiger partial charge in [-0.15, -0.1) is 0 Å². The largest absolute Gasteiger partial charge is 0.371 e. The molecule has 3 aliphatic rings. The first-order valence-electron chi connectivity index (χ1n) is 12.1. The van der Waals surface area contributed by atoms with Crippen LogP contribution in [0.2, 0.25) is 0 Å². The molecule has 1 aromatic heterocycles. The molecular weight excluding hydrogens is 457 g/mol. The number of benzene rings is 1. The van der Waals surface area contributed by atoms with Crippen LogP contribution >= 0.6 is 10.6 Å². The topological polar surface area (TPSA) is 102 Å². The summed E-state index contributed by atoms with van der Waals surface area (Å²) in [7, 11) is -2.90. The highest BCUT2D eigenvalue weighted by Crippen LogP contribution is 2.55. The fraction of sp³-hybridized carbons (Fsp3) is 0.542. The molecule has 0 aliphatic carbocycles. The van der Waals surface area contributed by atoms with E-state index in [0.717, 1.165) is 62.4 Å². The number of hydrogen-bond donors (Lipinski definition) is 3. The van der Waals surface area contributed by atoms with Crippen molar-refractivity contribution in [2.45, 2.75) is 62.4 Å². The average Bonchev–Trinajstić information content (AvgIpc) is 3.14. The van der Waals surface area contributed by atoms with Gasteiger partial charge in [-0.2, -0.15) is 10.6 Å². The highest BCUT2D eigenvalue weighted by Gasteiger charge is 2.36. The predicted molar refractivity (Wildman–Crippen MR) is 131 cm³/mol. The first kappa shape index (κ1) is 23.3. The molecule has 2 fully saturated rings. The molecule has 1 amide bonds. The van der Waals surface area contributed by atoms with Gasteiger partial charge in [-0.05, 0) is 61.8 Å². The number of nitrogens with zero attached hydrogens (tertiary/aromatic N) is 4. The van der Waals surface area contributed by atoms with Crippen molar-refractivity contribution in [3.8, 4) is 0 Å². The molecule has 2 aromatic rings. The minimum Gasteiger partial charge on any atom is -0.371 e. The van der Waals surface area contributed by atoms with E-state index in [9.17, 15) is 18.3 Å². The third-order valence-electron chi connectivity index (χ3n) is 7.25. The zero-order valence-corrected chi connectivity index (χ0v) is 20.2. The lowest BCUT2D eigenvalue weighted by molar-refractivity contribution is -0.137. The minimum absolute atomic E-state index is 0.0115. The summed E-state index contributed by atoms with van der Waals surface area (Å²) < 4.78 is 35.0. The Hall–Kier alpha value is -2.43. The molecule has 5 rings (SSSR count). The van der Waals surface area contributed by atoms with Crippen LogP contribution in [0.1, 0.15) is 43.7 Å². The Morgan fingerprint density at radius 3 is 2.59 bits per heavy atom. The average molecular weight is 490 g/mol. The van der Waals surface area contributed by atoms with Crippen LogP contribution in [-0.2, 0) is 17.6 Å². The van der Waals surface area contributed by atoms with Crippen LogP contribution in [0.5, 0.6) is 0 Å². The lowest BCUT2D eigenvalue weighted by Crippen LogP contribution is -2.54. The van der Waals surface area contributed by atoms with Crippen LogP contribution in [0.25, 0.3) is 0 Å². The molecule has 0 saturated carbocycles. The quantitative estimate of drug-likeness (QED) is 0.585. The standard InChI is InChI=1S/C24H32FN5O3S/c1-2-16-14-26-24(27-15-16)29-9-5-18(6-10-29)30-8-3-4-20(23(30)31)28-21-12-17-7-11-34(32,33)22(17)13-19(21)25/h12-15,18,20,28,32-33H,2-11H2,1H3/t20-/m0/s1. The molecule has 0 spiro atoms. The van der Waals surface area contributed by atoms with Gasteiger partial charge in [-0.3, -0.25) is 13.9 Å². The number of carbonyl (C=O) groups excluding carboxylic acids is 1. The van der Waals surface area contributed by atoms with Crippen LogP contribution in [0.3, 0.4) is 0 Å². The maximum absolute atomic E-state index is 14.8. The highest BCUT2D eigenvalue weighted by atomic mass is 32.3. The predicted octanol–water partition coefficient (Wildman–Crippen LogP) is 3.92. The first-order chi connectivity index (χ1) is 16.4. The Bertz CT molecular complexity index is 1060. The van der Waals surface area contributed by atoms with Gasteiger partial charge in [0.15, 0.2) is 0 Å². The molecule has 0 unspecified atom stereocenters. The van der Waals surface area contributed by atoms with Gasteiger partial charge in [0.2, 0.25) is 11.9 Å². The van der Waals surface area contributed by atoms with Crippen LogP contribution in [0, 0.1) is 5.82 Å². The number of likely N-dealkylation sites (tertiary alicyclic amines) is 1. The van der Waals surface area contributed by atoms with Gasteiger partial charge in [0.25, 0.3) is 0 Å². The Balaban J connectivity index is 1.22. The summed E-state index contributed by atoms with van der Waals surface area (Å²) >= 11 is 0. The van der Waals surface area contributed by atoms with E-state index in [4.69, 9.17) is 0 Å². The Labute approximate surface area is 200 Å². The highest BCUT2D eigenvalue weighted by molar-refractivity contribution is 8.24. The van der Waals surface area contributed by atoms with E-state index in [-0.39, 0.29) is 23.4 Å². The molecular formula is C24H32FN5O3S. The molecule has 34 heavy (non-hydrogen) atoms. The number of amides is 1. The van der Waals surface area contributed by atoms with Gasteiger partial charge in [-0.1, -0.05) is 6.92 Å². The summed E-state index contributed by atoms with van der Waals surface area (Å²) in [6.45, 7) is 4.39. The van der Waals surface area contributed by atoms with Gasteiger partial charge < -0.3 is 15.1 Å². The van der Waals surface area contributed by atoms with Gasteiger partial charge >= 0.3 is 0 Å². The fourth-order valence-electron chi connectivity index (χ4n) is 5.23. The van der Waals surface area contributed by atoms with E-state index >= 15 is 0 Å². The number of fused-ring (bicyclic) bond motifs is 1. The third-order valence-corrected chi connectivity index (χ3v) is 9.11. The molecule has 0 bridgehead atoms. The van der Waals surface area contributed by atoms with E-state index < -0.39 is 22.4 Å². The fourth-order valence-corrected chi connectivity index (χ4v) is 6.83. The van der Waals surface area contributed by atoms with E-state index in [1.54, 1.807) is 6.07 Å². The first-order valence-corrected chi connectivity index (χ1v) is 13.8. The number of hydrogen-bond acceptors (Lipinski definition) is 7. The summed E-state index contributed by atoms with van der Waals surface area (Å²) in [4.78, 5) is 26.7. The van der Waals surface area contributed by atoms with E-state index in [1.165, 1.54) is 6.07 Å². The molecule has 184 valence electrons. The summed E-state index contributed by atoms with van der Waals surface area (Å²) in [5.41, 5.74) is 2.12. The maximum atomic E-state index is 14.8. The van der Waals surface area contributed by atoms with Crippen molar-refractivity contribution in [2.24, 2.45) is 0 Å². The van der Waals surface area contributed by atoms with Crippen LogP contribution < -0.4 is 10.2 Å². The lowest BCUT2D eigenvalue weighted by atomic mass is 9.97. The Morgan fingerprint density at radius 2 is 1.88 bits per heavy atom. The van der Waals surface area contributed by atoms with Gasteiger partial charge in [0.05, 0.1) is 10.6 Å². The van der Waals surface area contributed by atoms with E-state index in [0.29, 0.717) is 17.7 Å². The Morgan fingerprint density at radius 1 is 1.15 bits per heavy atom. The monoisotopic (exact) mass is 489 g/mol. The SMILES string of the molecule is CCc1cnc(N2CCC(N3CCC[C@H](Nc4cc5c(cc4F)S(O)(O)CC5)C3=O)CC2)nc1. The van der Waals surface area contributed by atoms with Crippen LogP contribution in [-0.4, -0.2) is 67.4 Å². The normalized spacial score (nSPS) is 23.6. The Kier molecular flexibility index (Phi) is 6.39. The summed E-state index contributed by atoms with van der Waals surface area (Å²) in [5, 5.41) is 3.12. The van der Waals surface area contributed by atoms with Crippen molar-refractivity contribution in [2.75, 3.05) is 35.6 Å². The molecule has 10 heteroatoms. The number of anilines is 2. The zero-order chi connectivity index (χ0) is 23.9. The second-order valence-electron chi connectivity index (χ2n) is 9.39. The van der Waals surface area contributed by atoms with Crippen molar-refractivity contribution in [1.82, 2.24) is 14.9 Å². The number of halogens is 1. The summed E-state index contributed by atoms with van der Waals surface area (Å²) in [6, 6.07) is 2.53. The van der Waals surface area contributed by atoms with Crippen molar-refractivity contribution in [1.29, 1.82) is 0 Å². The zero-order valence-electron chi connectivity index (χ0n) is 19.4. The van der Waals surface area contributed by atoms with E-state index in [2.05, 4.69) is 27.1 Å². The third kappa shape index (κ3) is 4.46. The second kappa shape index (κ2) is 9.31. The van der Waals surface area contributed by atoms with Gasteiger partial charge in [0, 0.05) is 43.8 Å². The van der Waals surface area contributed by atoms with Crippen molar-refractivity contribution < 1.29 is 18.3 Å². The van der Waals surface area contributed by atoms with Crippen molar-refractivity contribution in [3.63, 3.8) is 0 Å². The molecule has 8 nitrogen and oxygen atoms in total. The summed E-state index contributed by atoms with van der Waals surface area (Å²) in [5.74, 6) is 0.433. The molecule has 0 radical (unpaired) electrons. The summed E-state index contributed by atoms with van der Waals surface area (Å²) in [6.07, 6.45) is 8.37. The molecule has 3 N–H and O–H groups in total. The maximum Gasteiger partial charge on any atom is 0.245 e. The smallest absolute Gasteiger partial charge is 0.245 e. The van der Waals surface area contributed by atoms with Crippen molar-refractivity contribution >= 4 is 28.1 Å². The number of piperidine rings is 2. The van der Waals surface area contributed by atoms with Crippen molar-refractivity contribution in [3.05, 3.63) is 41.5 Å². The molecule has 2 saturated heterocycles. The van der Waals surface area contributed by atoms with Gasteiger partial charge in [0.1, 0.15) is 11.9 Å². The lowest BCUT2D eigenvalue weighted by Gasteiger charge is -2.42.